The minimum atomic E-state index is -0.642. The number of carbonyl (C=O) groups excluding carboxylic acids is 2. The summed E-state index contributed by atoms with van der Waals surface area (Å²) >= 11 is 0. The Morgan fingerprint density at radius 2 is 1.97 bits per heavy atom. The van der Waals surface area contributed by atoms with Crippen molar-refractivity contribution in [2.75, 3.05) is 11.9 Å². The number of benzene rings is 1. The number of hydrogen-bond donors (Lipinski definition) is 1. The molecule has 0 saturated carbocycles. The standard InChI is InChI=1S/C31H30N4O2/c1-30(2,3)29(37)35(26-13-12-21-9-4-5-10-23(21)26)15-7-8-20-16-22-17-31(18-25(22)33-19-20)24-11-6-14-32-27(24)34-28(31)36/h4-6,9-11,14,16,19,26H,12-13,15,17-18H2,1-3H3,(H,32,34,36)/t26-,31+/m1/s1. The summed E-state index contributed by atoms with van der Waals surface area (Å²) in [6.45, 7) is 6.24. The van der Waals surface area contributed by atoms with Gasteiger partial charge in [0.2, 0.25) is 11.8 Å². The zero-order valence-corrected chi connectivity index (χ0v) is 21.5. The molecular weight excluding hydrogens is 460 g/mol. The lowest BCUT2D eigenvalue weighted by Gasteiger charge is -2.33. The summed E-state index contributed by atoms with van der Waals surface area (Å²) in [5, 5.41) is 2.94. The molecule has 2 amide bonds. The highest BCUT2D eigenvalue weighted by Crippen LogP contribution is 2.46. The van der Waals surface area contributed by atoms with Gasteiger partial charge >= 0.3 is 0 Å². The summed E-state index contributed by atoms with van der Waals surface area (Å²) in [7, 11) is 0. The Labute approximate surface area is 217 Å². The number of nitrogens with zero attached hydrogens (tertiary/aromatic N) is 3. The van der Waals surface area contributed by atoms with Crippen LogP contribution in [0.25, 0.3) is 0 Å². The third-order valence-corrected chi connectivity index (χ3v) is 7.87. The van der Waals surface area contributed by atoms with Gasteiger partial charge in [-0.25, -0.2) is 4.98 Å². The van der Waals surface area contributed by atoms with Gasteiger partial charge in [-0.15, -0.1) is 0 Å². The zero-order valence-electron chi connectivity index (χ0n) is 21.5. The van der Waals surface area contributed by atoms with Gasteiger partial charge in [0, 0.05) is 41.1 Å². The van der Waals surface area contributed by atoms with Crippen molar-refractivity contribution in [2.24, 2.45) is 5.41 Å². The van der Waals surface area contributed by atoms with Crippen LogP contribution in [0.3, 0.4) is 0 Å². The number of anilines is 1. The van der Waals surface area contributed by atoms with Crippen LogP contribution in [0, 0.1) is 17.3 Å². The summed E-state index contributed by atoms with van der Waals surface area (Å²) in [5.41, 5.74) is 5.14. The molecule has 3 aliphatic rings. The third-order valence-electron chi connectivity index (χ3n) is 7.87. The molecule has 1 N–H and O–H groups in total. The monoisotopic (exact) mass is 490 g/mol. The van der Waals surface area contributed by atoms with Gasteiger partial charge in [-0.1, -0.05) is 62.9 Å². The van der Waals surface area contributed by atoms with E-state index in [9.17, 15) is 9.59 Å². The molecule has 2 aliphatic carbocycles. The van der Waals surface area contributed by atoms with Crippen LogP contribution in [0.15, 0.2) is 54.9 Å². The predicted molar refractivity (Wildman–Crippen MR) is 142 cm³/mol. The highest BCUT2D eigenvalue weighted by atomic mass is 16.2. The van der Waals surface area contributed by atoms with E-state index in [1.807, 2.05) is 49.9 Å². The molecule has 0 fully saturated rings. The Morgan fingerprint density at radius 1 is 1.14 bits per heavy atom. The molecule has 6 rings (SSSR count). The minimum absolute atomic E-state index is 0.0139. The molecule has 2 atom stereocenters. The SMILES string of the molecule is CC(C)(C)C(=O)N(CC#Cc1cnc2c(c1)C[C@@]1(C2)C(=O)Nc2ncccc21)[C@@H]1CCc2ccccc21. The Kier molecular flexibility index (Phi) is 5.41. The maximum atomic E-state index is 13.4. The van der Waals surface area contributed by atoms with Crippen LogP contribution in [-0.4, -0.2) is 33.2 Å². The van der Waals surface area contributed by atoms with Gasteiger partial charge < -0.3 is 10.2 Å². The number of nitrogens with one attached hydrogen (secondary N) is 1. The summed E-state index contributed by atoms with van der Waals surface area (Å²) in [6, 6.07) is 14.4. The van der Waals surface area contributed by atoms with Crippen molar-refractivity contribution in [3.8, 4) is 11.8 Å². The number of amides is 2. The van der Waals surface area contributed by atoms with Crippen LogP contribution >= 0.6 is 0 Å². The number of aromatic nitrogens is 2. The average Bonchev–Trinajstić information content (AvgIpc) is 3.55. The largest absolute Gasteiger partial charge is 0.324 e. The molecule has 6 nitrogen and oxygen atoms in total. The molecule has 3 aromatic rings. The van der Waals surface area contributed by atoms with Crippen LogP contribution in [0.1, 0.15) is 66.7 Å². The minimum Gasteiger partial charge on any atom is -0.324 e. The van der Waals surface area contributed by atoms with Gasteiger partial charge in [-0.2, -0.15) is 0 Å². The first-order valence-electron chi connectivity index (χ1n) is 12.9. The number of fused-ring (bicyclic) bond motifs is 4. The number of rotatable bonds is 2. The fourth-order valence-corrected chi connectivity index (χ4v) is 6.02. The topological polar surface area (TPSA) is 75.2 Å². The molecule has 3 heterocycles. The van der Waals surface area contributed by atoms with E-state index in [0.29, 0.717) is 25.2 Å². The Morgan fingerprint density at radius 3 is 2.81 bits per heavy atom. The highest BCUT2D eigenvalue weighted by molar-refractivity contribution is 6.06. The molecule has 1 aromatic carbocycles. The number of pyridine rings is 2. The Bertz CT molecular complexity index is 1490. The molecule has 1 spiro atoms. The first kappa shape index (κ1) is 23.4. The summed E-state index contributed by atoms with van der Waals surface area (Å²) in [6.07, 6.45) is 6.53. The lowest BCUT2D eigenvalue weighted by atomic mass is 9.80. The lowest BCUT2D eigenvalue weighted by Crippen LogP contribution is -2.41. The number of aryl methyl sites for hydroxylation is 1. The zero-order chi connectivity index (χ0) is 25.8. The van der Waals surface area contributed by atoms with Crippen molar-refractivity contribution < 1.29 is 9.59 Å². The fourth-order valence-electron chi connectivity index (χ4n) is 6.02. The maximum absolute atomic E-state index is 13.4. The van der Waals surface area contributed by atoms with Gasteiger partial charge in [-0.05, 0) is 48.1 Å². The first-order valence-corrected chi connectivity index (χ1v) is 12.9. The van der Waals surface area contributed by atoms with Gasteiger partial charge in [0.05, 0.1) is 18.0 Å². The molecule has 0 unspecified atom stereocenters. The second-order valence-electron chi connectivity index (χ2n) is 11.4. The highest BCUT2D eigenvalue weighted by Gasteiger charge is 2.51. The molecule has 1 aliphatic heterocycles. The molecule has 0 saturated heterocycles. The second-order valence-corrected chi connectivity index (χ2v) is 11.4. The van der Waals surface area contributed by atoms with E-state index in [4.69, 9.17) is 0 Å². The molecule has 0 radical (unpaired) electrons. The third kappa shape index (κ3) is 3.90. The van der Waals surface area contributed by atoms with Crippen molar-refractivity contribution in [3.63, 3.8) is 0 Å². The molecule has 2 aromatic heterocycles. The van der Waals surface area contributed by atoms with E-state index >= 15 is 0 Å². The smallest absolute Gasteiger partial charge is 0.237 e. The van der Waals surface area contributed by atoms with E-state index in [0.717, 1.165) is 35.2 Å². The van der Waals surface area contributed by atoms with E-state index < -0.39 is 10.8 Å². The van der Waals surface area contributed by atoms with Crippen LogP contribution in [-0.2, 0) is 34.3 Å². The Balaban J connectivity index is 1.25. The number of hydrogen-bond acceptors (Lipinski definition) is 4. The van der Waals surface area contributed by atoms with Crippen molar-refractivity contribution in [2.45, 2.75) is 57.9 Å². The van der Waals surface area contributed by atoms with E-state index in [1.165, 1.54) is 11.1 Å². The Hall–Kier alpha value is -3.98. The predicted octanol–water partition coefficient (Wildman–Crippen LogP) is 4.38. The van der Waals surface area contributed by atoms with Crippen LogP contribution < -0.4 is 5.32 Å². The summed E-state index contributed by atoms with van der Waals surface area (Å²) in [5.74, 6) is 7.26. The maximum Gasteiger partial charge on any atom is 0.237 e. The lowest BCUT2D eigenvalue weighted by molar-refractivity contribution is -0.141. The molecule has 37 heavy (non-hydrogen) atoms. The van der Waals surface area contributed by atoms with Crippen LogP contribution in [0.5, 0.6) is 0 Å². The fraction of sp³-hybridized carbons (Fsp3) is 0.355. The molecule has 186 valence electrons. The van der Waals surface area contributed by atoms with E-state index in [1.54, 1.807) is 12.4 Å². The normalized spacial score (nSPS) is 21.1. The van der Waals surface area contributed by atoms with E-state index in [-0.39, 0.29) is 17.9 Å². The first-order chi connectivity index (χ1) is 17.8. The second kappa shape index (κ2) is 8.55. The van der Waals surface area contributed by atoms with Gasteiger partial charge in [-0.3, -0.25) is 14.6 Å². The van der Waals surface area contributed by atoms with Crippen molar-refractivity contribution in [3.05, 3.63) is 88.4 Å². The van der Waals surface area contributed by atoms with Gasteiger partial charge in [0.25, 0.3) is 0 Å². The number of carbonyl (C=O) groups is 2. The van der Waals surface area contributed by atoms with Crippen LogP contribution in [0.2, 0.25) is 0 Å². The summed E-state index contributed by atoms with van der Waals surface area (Å²) < 4.78 is 0. The quantitative estimate of drug-likeness (QED) is 0.541. The van der Waals surface area contributed by atoms with Gasteiger partial charge in [0.1, 0.15) is 5.82 Å². The van der Waals surface area contributed by atoms with Crippen molar-refractivity contribution in [1.29, 1.82) is 0 Å². The molecular formula is C31H30N4O2. The average molecular weight is 491 g/mol. The molecule has 0 bridgehead atoms. The van der Waals surface area contributed by atoms with Gasteiger partial charge in [0.15, 0.2) is 0 Å². The van der Waals surface area contributed by atoms with Crippen molar-refractivity contribution in [1.82, 2.24) is 14.9 Å². The van der Waals surface area contributed by atoms with Crippen molar-refractivity contribution >= 4 is 17.6 Å². The molecule has 6 heteroatoms. The van der Waals surface area contributed by atoms with Crippen LogP contribution in [0.4, 0.5) is 5.82 Å². The summed E-state index contributed by atoms with van der Waals surface area (Å²) in [4.78, 5) is 37.4. The van der Waals surface area contributed by atoms with E-state index in [2.05, 4.69) is 45.3 Å².